The van der Waals surface area contributed by atoms with Gasteiger partial charge in [0.1, 0.15) is 5.75 Å². The molecule has 0 saturated heterocycles. The molecule has 2 rings (SSSR count). The van der Waals surface area contributed by atoms with Crippen molar-refractivity contribution in [2.24, 2.45) is 0 Å². The number of unbranched alkanes of at least 4 members (excludes halogenated alkanes) is 1. The molecule has 0 aliphatic heterocycles. The third-order valence-corrected chi connectivity index (χ3v) is 5.17. The lowest BCUT2D eigenvalue weighted by Gasteiger charge is -2.11. The number of sulfonamides is 1. The number of benzene rings is 2. The third kappa shape index (κ3) is 6.37. The Labute approximate surface area is 161 Å². The van der Waals surface area contributed by atoms with Crippen LogP contribution in [0, 0.1) is 0 Å². The van der Waals surface area contributed by atoms with Crippen molar-refractivity contribution in [2.45, 2.75) is 44.6 Å². The summed E-state index contributed by atoms with van der Waals surface area (Å²) in [5, 5.41) is 2.76. The van der Waals surface area contributed by atoms with Crippen LogP contribution in [-0.4, -0.2) is 27.0 Å². The van der Waals surface area contributed by atoms with Crippen molar-refractivity contribution in [1.29, 1.82) is 0 Å². The Hall–Kier alpha value is -2.38. The zero-order valence-electron chi connectivity index (χ0n) is 15.9. The highest BCUT2D eigenvalue weighted by atomic mass is 32.2. The minimum atomic E-state index is -3.63. The van der Waals surface area contributed by atoms with E-state index in [0.717, 1.165) is 12.8 Å². The van der Waals surface area contributed by atoms with Gasteiger partial charge in [-0.25, -0.2) is 13.1 Å². The van der Waals surface area contributed by atoms with Gasteiger partial charge in [0.05, 0.1) is 11.0 Å². The second-order valence-corrected chi connectivity index (χ2v) is 8.19. The van der Waals surface area contributed by atoms with Gasteiger partial charge in [-0.3, -0.25) is 4.79 Å². The maximum Gasteiger partial charge on any atom is 0.255 e. The molecule has 2 aromatic carbocycles. The SMILES string of the molecule is CCCCNS(=O)(=O)c1cccc(C(=O)Nc2ccc(OC(C)C)cc2)c1. The van der Waals surface area contributed by atoms with Gasteiger partial charge in [0.2, 0.25) is 10.0 Å². The number of rotatable bonds is 9. The van der Waals surface area contributed by atoms with Gasteiger partial charge < -0.3 is 10.1 Å². The Morgan fingerprint density at radius 3 is 2.44 bits per heavy atom. The molecule has 1 amide bonds. The summed E-state index contributed by atoms with van der Waals surface area (Å²) >= 11 is 0. The lowest BCUT2D eigenvalue weighted by atomic mass is 10.2. The van der Waals surface area contributed by atoms with Gasteiger partial charge in [-0.2, -0.15) is 0 Å². The molecule has 6 nitrogen and oxygen atoms in total. The maximum absolute atomic E-state index is 12.5. The van der Waals surface area contributed by atoms with Crippen LogP contribution in [-0.2, 0) is 10.0 Å². The van der Waals surface area contributed by atoms with Gasteiger partial charge >= 0.3 is 0 Å². The van der Waals surface area contributed by atoms with E-state index in [-0.39, 0.29) is 22.5 Å². The summed E-state index contributed by atoms with van der Waals surface area (Å²) in [7, 11) is -3.63. The average molecular weight is 391 g/mol. The van der Waals surface area contributed by atoms with E-state index in [1.54, 1.807) is 36.4 Å². The number of hydrogen-bond acceptors (Lipinski definition) is 4. The molecule has 0 atom stereocenters. The first kappa shape index (κ1) is 20.9. The Morgan fingerprint density at radius 1 is 1.11 bits per heavy atom. The van der Waals surface area contributed by atoms with E-state index in [1.807, 2.05) is 20.8 Å². The molecular weight excluding hydrogens is 364 g/mol. The van der Waals surface area contributed by atoms with E-state index in [4.69, 9.17) is 4.74 Å². The van der Waals surface area contributed by atoms with Gasteiger partial charge in [-0.15, -0.1) is 0 Å². The third-order valence-electron chi connectivity index (χ3n) is 3.71. The molecule has 0 aliphatic rings. The number of ether oxygens (including phenoxy) is 1. The predicted molar refractivity (Wildman–Crippen MR) is 107 cm³/mol. The summed E-state index contributed by atoms with van der Waals surface area (Å²) in [6, 6.07) is 13.0. The van der Waals surface area contributed by atoms with Crippen LogP contribution in [0.3, 0.4) is 0 Å². The first-order chi connectivity index (χ1) is 12.8. The minimum absolute atomic E-state index is 0.0704. The molecule has 2 aromatic rings. The van der Waals surface area contributed by atoms with E-state index < -0.39 is 10.0 Å². The zero-order chi connectivity index (χ0) is 19.9. The Morgan fingerprint density at radius 2 is 1.81 bits per heavy atom. The smallest absolute Gasteiger partial charge is 0.255 e. The van der Waals surface area contributed by atoms with Crippen LogP contribution in [0.15, 0.2) is 53.4 Å². The summed E-state index contributed by atoms with van der Waals surface area (Å²) in [5.41, 5.74) is 0.876. The topological polar surface area (TPSA) is 84.5 Å². The molecule has 0 fully saturated rings. The molecule has 7 heteroatoms. The minimum Gasteiger partial charge on any atom is -0.491 e. The lowest BCUT2D eigenvalue weighted by molar-refractivity contribution is 0.102. The molecule has 0 aliphatic carbocycles. The van der Waals surface area contributed by atoms with Crippen LogP contribution in [0.5, 0.6) is 5.75 Å². The Kier molecular flexibility index (Phi) is 7.38. The van der Waals surface area contributed by atoms with Crippen molar-refractivity contribution < 1.29 is 17.9 Å². The summed E-state index contributed by atoms with van der Waals surface area (Å²) in [4.78, 5) is 12.5. The van der Waals surface area contributed by atoms with E-state index in [2.05, 4.69) is 10.0 Å². The summed E-state index contributed by atoms with van der Waals surface area (Å²) in [5.74, 6) is 0.340. The number of hydrogen-bond donors (Lipinski definition) is 2. The van der Waals surface area contributed by atoms with Crippen molar-refractivity contribution in [2.75, 3.05) is 11.9 Å². The van der Waals surface area contributed by atoms with Crippen molar-refractivity contribution in [3.8, 4) is 5.75 Å². The molecular formula is C20H26N2O4S. The molecule has 0 bridgehead atoms. The van der Waals surface area contributed by atoms with Crippen molar-refractivity contribution in [1.82, 2.24) is 4.72 Å². The second-order valence-electron chi connectivity index (χ2n) is 6.42. The van der Waals surface area contributed by atoms with Crippen LogP contribution in [0.4, 0.5) is 5.69 Å². The number of carbonyl (C=O) groups excluding carboxylic acids is 1. The first-order valence-electron chi connectivity index (χ1n) is 8.99. The highest BCUT2D eigenvalue weighted by Crippen LogP contribution is 2.18. The zero-order valence-corrected chi connectivity index (χ0v) is 16.7. The van der Waals surface area contributed by atoms with Crippen LogP contribution < -0.4 is 14.8 Å². The summed E-state index contributed by atoms with van der Waals surface area (Å²) < 4.78 is 32.7. The molecule has 146 valence electrons. The Bertz CT molecular complexity index is 862. The molecule has 0 unspecified atom stereocenters. The van der Waals surface area contributed by atoms with Crippen LogP contribution in [0.1, 0.15) is 44.0 Å². The second kappa shape index (κ2) is 9.53. The van der Waals surface area contributed by atoms with Gasteiger partial charge in [0.15, 0.2) is 0 Å². The highest BCUT2D eigenvalue weighted by Gasteiger charge is 2.16. The fraction of sp³-hybridized carbons (Fsp3) is 0.350. The lowest BCUT2D eigenvalue weighted by Crippen LogP contribution is -2.25. The molecule has 0 spiro atoms. The highest BCUT2D eigenvalue weighted by molar-refractivity contribution is 7.89. The maximum atomic E-state index is 12.5. The average Bonchev–Trinajstić information content (AvgIpc) is 2.63. The van der Waals surface area contributed by atoms with Crippen molar-refractivity contribution >= 4 is 21.6 Å². The quantitative estimate of drug-likeness (QED) is 0.638. The van der Waals surface area contributed by atoms with Gasteiger partial charge in [0, 0.05) is 17.8 Å². The van der Waals surface area contributed by atoms with E-state index in [1.165, 1.54) is 12.1 Å². The van der Waals surface area contributed by atoms with E-state index >= 15 is 0 Å². The fourth-order valence-corrected chi connectivity index (χ4v) is 3.48. The van der Waals surface area contributed by atoms with Crippen molar-refractivity contribution in [3.05, 3.63) is 54.1 Å². The Balaban J connectivity index is 2.08. The van der Waals surface area contributed by atoms with Crippen LogP contribution >= 0.6 is 0 Å². The van der Waals surface area contributed by atoms with Crippen LogP contribution in [0.2, 0.25) is 0 Å². The molecule has 27 heavy (non-hydrogen) atoms. The molecule has 0 radical (unpaired) electrons. The number of nitrogens with one attached hydrogen (secondary N) is 2. The molecule has 0 aromatic heterocycles. The number of anilines is 1. The first-order valence-corrected chi connectivity index (χ1v) is 10.5. The van der Waals surface area contributed by atoms with Gasteiger partial charge in [-0.1, -0.05) is 19.4 Å². The van der Waals surface area contributed by atoms with Crippen LogP contribution in [0.25, 0.3) is 0 Å². The van der Waals surface area contributed by atoms with E-state index in [9.17, 15) is 13.2 Å². The fourth-order valence-electron chi connectivity index (χ4n) is 2.36. The van der Waals surface area contributed by atoms with Gasteiger partial charge in [-0.05, 0) is 62.7 Å². The monoisotopic (exact) mass is 390 g/mol. The largest absolute Gasteiger partial charge is 0.491 e. The molecule has 2 N–H and O–H groups in total. The molecule has 0 saturated carbocycles. The predicted octanol–water partition coefficient (Wildman–Crippen LogP) is 3.80. The number of amides is 1. The molecule has 0 heterocycles. The van der Waals surface area contributed by atoms with Gasteiger partial charge in [0.25, 0.3) is 5.91 Å². The van der Waals surface area contributed by atoms with Crippen molar-refractivity contribution in [3.63, 3.8) is 0 Å². The normalized spacial score (nSPS) is 11.4. The summed E-state index contributed by atoms with van der Waals surface area (Å²) in [6.45, 7) is 6.24. The number of carbonyl (C=O) groups is 1. The standard InChI is InChI=1S/C20H26N2O4S/c1-4-5-13-21-27(24,25)19-8-6-7-16(14-19)20(23)22-17-9-11-18(12-10-17)26-15(2)3/h6-12,14-15,21H,4-5,13H2,1-3H3,(H,22,23). The van der Waals surface area contributed by atoms with E-state index in [0.29, 0.717) is 18.0 Å². The summed E-state index contributed by atoms with van der Waals surface area (Å²) in [6.07, 6.45) is 1.73.